The van der Waals surface area contributed by atoms with Crippen molar-refractivity contribution in [3.05, 3.63) is 16.0 Å². The summed E-state index contributed by atoms with van der Waals surface area (Å²) in [6.45, 7) is 7.49. The summed E-state index contributed by atoms with van der Waals surface area (Å²) < 4.78 is 10.8. The molecule has 332 valence electrons. The van der Waals surface area contributed by atoms with Gasteiger partial charge in [-0.15, -0.1) is 11.3 Å². The minimum absolute atomic E-state index is 0.0334. The van der Waals surface area contributed by atoms with E-state index in [1.165, 1.54) is 88.4 Å². The van der Waals surface area contributed by atoms with Gasteiger partial charge in [0.1, 0.15) is 5.00 Å². The molecule has 2 N–H and O–H groups in total. The lowest BCUT2D eigenvalue weighted by atomic mass is 10.0. The highest BCUT2D eigenvalue weighted by atomic mass is 32.1. The van der Waals surface area contributed by atoms with Crippen LogP contribution in [-0.2, 0) is 41.6 Å². The van der Waals surface area contributed by atoms with E-state index in [2.05, 4.69) is 24.5 Å². The highest BCUT2D eigenvalue weighted by Crippen LogP contribution is 2.37. The van der Waals surface area contributed by atoms with Crippen molar-refractivity contribution in [3.8, 4) is 0 Å². The molecule has 0 fully saturated rings. The van der Waals surface area contributed by atoms with Gasteiger partial charge in [0.05, 0.1) is 25.3 Å². The second kappa shape index (κ2) is 32.8. The molecule has 12 heteroatoms. The van der Waals surface area contributed by atoms with Crippen molar-refractivity contribution in [2.45, 2.75) is 194 Å². The Bertz CT molecular complexity index is 1320. The number of hydrogen-bond donors (Lipinski definition) is 2. The highest BCUT2D eigenvalue weighted by Gasteiger charge is 2.30. The molecule has 1 aliphatic heterocycles. The van der Waals surface area contributed by atoms with E-state index in [0.29, 0.717) is 101 Å². The molecule has 1 aromatic rings. The van der Waals surface area contributed by atoms with Crippen LogP contribution in [0.5, 0.6) is 0 Å². The number of carbonyl (C=O) groups excluding carboxylic acids is 5. The molecule has 3 amide bonds. The third-order valence-corrected chi connectivity index (χ3v) is 11.9. The SMILES string of the molecule is CCCCCCCCCCCOC(=O)CCCCC(=O)N1CCc2c(sc(NC(=O)CCCCCCC(=O)OCCCCCCCCC)c2C(=O)NCCN(C)C)C1. The number of carbonyl (C=O) groups is 5. The molecule has 1 aliphatic rings. The smallest absolute Gasteiger partial charge is 0.305 e. The lowest BCUT2D eigenvalue weighted by Gasteiger charge is -2.27. The third-order valence-electron chi connectivity index (χ3n) is 10.8. The Morgan fingerprint density at radius 1 is 0.638 bits per heavy atom. The Labute approximate surface area is 355 Å². The first-order valence-electron chi connectivity index (χ1n) is 23.1. The summed E-state index contributed by atoms with van der Waals surface area (Å²) in [7, 11) is 3.90. The summed E-state index contributed by atoms with van der Waals surface area (Å²) in [5.41, 5.74) is 1.41. The van der Waals surface area contributed by atoms with E-state index in [4.69, 9.17) is 9.47 Å². The number of hydrogen-bond acceptors (Lipinski definition) is 9. The van der Waals surface area contributed by atoms with Crippen molar-refractivity contribution in [1.82, 2.24) is 15.1 Å². The molecule has 58 heavy (non-hydrogen) atoms. The molecule has 0 aliphatic carbocycles. The van der Waals surface area contributed by atoms with Gasteiger partial charge in [-0.05, 0) is 64.6 Å². The lowest BCUT2D eigenvalue weighted by Crippen LogP contribution is -2.36. The number of amides is 3. The Morgan fingerprint density at radius 3 is 1.67 bits per heavy atom. The Balaban J connectivity index is 1.74. The summed E-state index contributed by atoms with van der Waals surface area (Å²) >= 11 is 1.38. The van der Waals surface area contributed by atoms with Crippen molar-refractivity contribution < 1.29 is 33.4 Å². The fourth-order valence-corrected chi connectivity index (χ4v) is 8.49. The lowest BCUT2D eigenvalue weighted by molar-refractivity contribution is -0.144. The number of fused-ring (bicyclic) bond motifs is 1. The van der Waals surface area contributed by atoms with Crippen LogP contribution in [0.4, 0.5) is 5.00 Å². The molecule has 0 unspecified atom stereocenters. The van der Waals surface area contributed by atoms with Crippen LogP contribution in [0.15, 0.2) is 0 Å². The predicted molar refractivity (Wildman–Crippen MR) is 236 cm³/mol. The van der Waals surface area contributed by atoms with Crippen LogP contribution in [0.25, 0.3) is 0 Å². The van der Waals surface area contributed by atoms with Crippen molar-refractivity contribution in [3.63, 3.8) is 0 Å². The van der Waals surface area contributed by atoms with Crippen molar-refractivity contribution in [1.29, 1.82) is 0 Å². The van der Waals surface area contributed by atoms with Gasteiger partial charge in [0.25, 0.3) is 5.91 Å². The highest BCUT2D eigenvalue weighted by molar-refractivity contribution is 7.17. The van der Waals surface area contributed by atoms with E-state index in [9.17, 15) is 24.0 Å². The van der Waals surface area contributed by atoms with Crippen molar-refractivity contribution in [2.75, 3.05) is 52.3 Å². The first kappa shape index (κ1) is 51.2. The molecule has 2 rings (SSSR count). The van der Waals surface area contributed by atoms with Gasteiger partial charge in [0, 0.05) is 50.2 Å². The molecule has 0 spiro atoms. The minimum Gasteiger partial charge on any atom is -0.466 e. The van der Waals surface area contributed by atoms with Crippen LogP contribution in [0, 0.1) is 0 Å². The average molecular weight is 833 g/mol. The zero-order chi connectivity index (χ0) is 42.2. The monoisotopic (exact) mass is 833 g/mol. The second-order valence-electron chi connectivity index (χ2n) is 16.4. The maximum Gasteiger partial charge on any atom is 0.305 e. The van der Waals surface area contributed by atoms with E-state index < -0.39 is 0 Å². The summed E-state index contributed by atoms with van der Waals surface area (Å²) in [4.78, 5) is 68.8. The molecular weight excluding hydrogens is 753 g/mol. The van der Waals surface area contributed by atoms with Crippen LogP contribution >= 0.6 is 11.3 Å². The van der Waals surface area contributed by atoms with Crippen molar-refractivity contribution in [2.24, 2.45) is 0 Å². The van der Waals surface area contributed by atoms with Crippen LogP contribution in [-0.4, -0.2) is 86.4 Å². The van der Waals surface area contributed by atoms with E-state index in [0.717, 1.165) is 55.4 Å². The van der Waals surface area contributed by atoms with Gasteiger partial charge in [0.2, 0.25) is 11.8 Å². The second-order valence-corrected chi connectivity index (χ2v) is 17.5. The molecule has 1 aromatic heterocycles. The number of thiophene rings is 1. The van der Waals surface area contributed by atoms with E-state index in [1.807, 2.05) is 23.9 Å². The molecule has 0 atom stereocenters. The standard InChI is InChI=1S/C46H80N4O7S/c1-5-7-9-11-13-14-16-20-26-36-57-43(54)30-24-23-28-41(52)50-33-31-38-39(37-50)58-46(44(38)45(55)47-32-34-49(3)4)48-40(51)27-21-17-18-22-29-42(53)56-35-25-19-15-12-10-8-6-2/h5-37H2,1-4H3,(H,47,55)(H,48,51). The van der Waals surface area contributed by atoms with Crippen LogP contribution in [0.3, 0.4) is 0 Å². The first-order chi connectivity index (χ1) is 28.2. The van der Waals surface area contributed by atoms with Crippen LogP contribution < -0.4 is 10.6 Å². The van der Waals surface area contributed by atoms with Gasteiger partial charge in [-0.25, -0.2) is 0 Å². The van der Waals surface area contributed by atoms with Gasteiger partial charge in [-0.3, -0.25) is 24.0 Å². The van der Waals surface area contributed by atoms with E-state index >= 15 is 0 Å². The molecule has 11 nitrogen and oxygen atoms in total. The minimum atomic E-state index is -0.210. The fraction of sp³-hybridized carbons (Fsp3) is 0.804. The van der Waals surface area contributed by atoms with Gasteiger partial charge in [-0.1, -0.05) is 117 Å². The Morgan fingerprint density at radius 2 is 1.12 bits per heavy atom. The van der Waals surface area contributed by atoms with Gasteiger partial charge >= 0.3 is 11.9 Å². The zero-order valence-electron chi connectivity index (χ0n) is 37.0. The number of ether oxygens (including phenoxy) is 2. The van der Waals surface area contributed by atoms with Crippen LogP contribution in [0.2, 0.25) is 0 Å². The average Bonchev–Trinajstić information content (AvgIpc) is 3.56. The quantitative estimate of drug-likeness (QED) is 0.0510. The summed E-state index contributed by atoms with van der Waals surface area (Å²) in [6, 6.07) is 0. The number of rotatable bonds is 35. The maximum atomic E-state index is 13.5. The Hall–Kier alpha value is -2.99. The number of unbranched alkanes of at least 4 members (excludes halogenated alkanes) is 18. The predicted octanol–water partition coefficient (Wildman–Crippen LogP) is 10.1. The molecule has 0 bridgehead atoms. The number of esters is 2. The first-order valence-corrected chi connectivity index (χ1v) is 23.9. The number of nitrogens with zero attached hydrogens (tertiary/aromatic N) is 2. The van der Waals surface area contributed by atoms with Crippen LogP contribution in [0.1, 0.15) is 202 Å². The Kier molecular flexibility index (Phi) is 28.9. The van der Waals surface area contributed by atoms with E-state index in [1.54, 1.807) is 0 Å². The zero-order valence-corrected chi connectivity index (χ0v) is 37.8. The largest absolute Gasteiger partial charge is 0.466 e. The molecule has 0 saturated carbocycles. The topological polar surface area (TPSA) is 134 Å². The molecule has 0 aromatic carbocycles. The fourth-order valence-electron chi connectivity index (χ4n) is 7.22. The third kappa shape index (κ3) is 23.6. The number of anilines is 1. The summed E-state index contributed by atoms with van der Waals surface area (Å²) in [6.07, 6.45) is 25.6. The van der Waals surface area contributed by atoms with Gasteiger partial charge in [-0.2, -0.15) is 0 Å². The molecule has 0 radical (unpaired) electrons. The number of nitrogens with one attached hydrogen (secondary N) is 2. The van der Waals surface area contributed by atoms with Crippen molar-refractivity contribution >= 4 is 46.0 Å². The van der Waals surface area contributed by atoms with Gasteiger partial charge < -0.3 is 29.9 Å². The number of likely N-dealkylation sites (N-methyl/N-ethyl adjacent to an activating group) is 1. The maximum absolute atomic E-state index is 13.5. The van der Waals surface area contributed by atoms with Gasteiger partial charge in [0.15, 0.2) is 0 Å². The molecule has 0 saturated heterocycles. The summed E-state index contributed by atoms with van der Waals surface area (Å²) in [5.74, 6) is -0.650. The normalized spacial score (nSPS) is 12.4. The molecule has 2 heterocycles. The van der Waals surface area contributed by atoms with E-state index in [-0.39, 0.29) is 29.7 Å². The molecular formula is C46H80N4O7S. The summed E-state index contributed by atoms with van der Waals surface area (Å²) in [5, 5.41) is 6.57.